The second kappa shape index (κ2) is 12.4. The van der Waals surface area contributed by atoms with Crippen LogP contribution in [0, 0.1) is 6.92 Å². The van der Waals surface area contributed by atoms with Crippen LogP contribution in [-0.4, -0.2) is 19.3 Å². The molecule has 0 fully saturated rings. The van der Waals surface area contributed by atoms with Gasteiger partial charge in [0, 0.05) is 40.1 Å². The van der Waals surface area contributed by atoms with E-state index in [0.29, 0.717) is 0 Å². The Kier molecular flexibility index (Phi) is 8.18. The van der Waals surface area contributed by atoms with Crippen LogP contribution in [0.1, 0.15) is 77.4 Å². The van der Waals surface area contributed by atoms with Crippen LogP contribution in [-0.2, 0) is 17.3 Å². The van der Waals surface area contributed by atoms with Crippen molar-refractivity contribution >= 4 is 21.8 Å². The maximum Gasteiger partial charge on any atom is 0.137 e. The SMILES string of the molecule is CCCc1nn(-c2cccc(Oc3ccc4c5ccccc5n(-c5cc(C)ccn5)c4c3)c2)c(C(C)(C)C)c1-c1cccc(C(C)(C)C)c1. The number of aromatic nitrogens is 4. The zero-order valence-corrected chi connectivity index (χ0v) is 30.0. The van der Waals surface area contributed by atoms with Gasteiger partial charge in [-0.2, -0.15) is 5.10 Å². The summed E-state index contributed by atoms with van der Waals surface area (Å²) in [5.41, 5.74) is 10.4. The number of hydrogen-bond donors (Lipinski definition) is 0. The summed E-state index contributed by atoms with van der Waals surface area (Å²) in [6.45, 7) is 18.0. The molecule has 0 saturated heterocycles. The van der Waals surface area contributed by atoms with Crippen LogP contribution in [0.5, 0.6) is 11.5 Å². The van der Waals surface area contributed by atoms with Gasteiger partial charge in [0.05, 0.1) is 28.1 Å². The third-order valence-corrected chi connectivity index (χ3v) is 9.25. The van der Waals surface area contributed by atoms with Gasteiger partial charge in [-0.15, -0.1) is 0 Å². The Hall–Kier alpha value is -5.16. The lowest BCUT2D eigenvalue weighted by atomic mass is 9.82. The van der Waals surface area contributed by atoms with Gasteiger partial charge in [0.15, 0.2) is 0 Å². The molecule has 5 heteroatoms. The highest BCUT2D eigenvalue weighted by Gasteiger charge is 2.29. The summed E-state index contributed by atoms with van der Waals surface area (Å²) in [5.74, 6) is 2.42. The smallest absolute Gasteiger partial charge is 0.137 e. The van der Waals surface area contributed by atoms with Crippen molar-refractivity contribution in [3.8, 4) is 34.1 Å². The van der Waals surface area contributed by atoms with Crippen molar-refractivity contribution < 1.29 is 4.74 Å². The molecule has 0 unspecified atom stereocenters. The average molecular weight is 647 g/mol. The number of fused-ring (bicyclic) bond motifs is 3. The van der Waals surface area contributed by atoms with Crippen molar-refractivity contribution in [2.24, 2.45) is 0 Å². The van der Waals surface area contributed by atoms with Crippen LogP contribution in [0.2, 0.25) is 0 Å². The van der Waals surface area contributed by atoms with Gasteiger partial charge in [-0.05, 0) is 77.9 Å². The van der Waals surface area contributed by atoms with E-state index >= 15 is 0 Å². The van der Waals surface area contributed by atoms with Gasteiger partial charge < -0.3 is 4.74 Å². The van der Waals surface area contributed by atoms with Gasteiger partial charge in [0.1, 0.15) is 17.3 Å². The fourth-order valence-corrected chi connectivity index (χ4v) is 6.92. The molecule has 0 aliphatic heterocycles. The number of ether oxygens (including phenoxy) is 1. The number of rotatable bonds is 7. The van der Waals surface area contributed by atoms with Gasteiger partial charge in [-0.3, -0.25) is 4.57 Å². The normalized spacial score (nSPS) is 12.2. The van der Waals surface area contributed by atoms with Crippen LogP contribution in [0.3, 0.4) is 0 Å². The first-order chi connectivity index (χ1) is 23.4. The summed E-state index contributed by atoms with van der Waals surface area (Å²) < 4.78 is 11.0. The van der Waals surface area contributed by atoms with Crippen molar-refractivity contribution in [3.63, 3.8) is 0 Å². The second-order valence-corrected chi connectivity index (χ2v) is 15.2. The Balaban J connectivity index is 1.33. The molecule has 0 bridgehead atoms. The summed E-state index contributed by atoms with van der Waals surface area (Å²) in [4.78, 5) is 4.74. The molecule has 7 rings (SSSR count). The van der Waals surface area contributed by atoms with Gasteiger partial charge in [-0.1, -0.05) is 103 Å². The first-order valence-electron chi connectivity index (χ1n) is 17.4. The van der Waals surface area contributed by atoms with Crippen LogP contribution >= 0.6 is 0 Å². The molecule has 3 aromatic heterocycles. The third-order valence-electron chi connectivity index (χ3n) is 9.25. The Morgan fingerprint density at radius 1 is 0.694 bits per heavy atom. The molecule has 0 amide bonds. The Bertz CT molecular complexity index is 2310. The predicted molar refractivity (Wildman–Crippen MR) is 204 cm³/mol. The maximum atomic E-state index is 6.63. The van der Waals surface area contributed by atoms with Crippen LogP contribution in [0.25, 0.3) is 44.4 Å². The number of nitrogens with zero attached hydrogens (tertiary/aromatic N) is 4. The molecule has 0 radical (unpaired) electrons. The molecule has 0 aliphatic rings. The molecular formula is C44H46N4O. The zero-order chi connectivity index (χ0) is 34.5. The van der Waals surface area contributed by atoms with Gasteiger partial charge >= 0.3 is 0 Å². The van der Waals surface area contributed by atoms with E-state index in [0.717, 1.165) is 58.0 Å². The highest BCUT2D eigenvalue weighted by molar-refractivity contribution is 6.09. The molecule has 0 aliphatic carbocycles. The molecule has 7 aromatic rings. The lowest BCUT2D eigenvalue weighted by Crippen LogP contribution is -2.19. The topological polar surface area (TPSA) is 44.9 Å². The van der Waals surface area contributed by atoms with Crippen LogP contribution in [0.15, 0.2) is 109 Å². The standard InChI is InChI=1S/C44H46N4O/c1-9-14-37-41(30-15-12-16-31(26-30)43(3,4)5)42(44(6,7)8)48(46-37)32-17-13-18-33(27-32)49-34-21-22-36-35-19-10-11-20-38(35)47(39(36)28-34)40-25-29(2)23-24-45-40/h10-13,15-28H,9,14H2,1-8H3. The largest absolute Gasteiger partial charge is 0.457 e. The summed E-state index contributed by atoms with van der Waals surface area (Å²) in [6.07, 6.45) is 3.80. The van der Waals surface area contributed by atoms with E-state index in [2.05, 4.69) is 156 Å². The molecular weight excluding hydrogens is 601 g/mol. The fraction of sp³-hybridized carbons (Fsp3) is 0.273. The molecule has 0 N–H and O–H groups in total. The number of pyridine rings is 1. The Labute approximate surface area is 290 Å². The quantitative estimate of drug-likeness (QED) is 0.173. The monoisotopic (exact) mass is 646 g/mol. The molecule has 0 saturated carbocycles. The number of para-hydroxylation sites is 1. The Morgan fingerprint density at radius 2 is 1.45 bits per heavy atom. The lowest BCUT2D eigenvalue weighted by Gasteiger charge is -2.24. The molecule has 3 heterocycles. The molecule has 4 aromatic carbocycles. The molecule has 0 atom stereocenters. The lowest BCUT2D eigenvalue weighted by molar-refractivity contribution is 0.482. The number of aryl methyl sites for hydroxylation is 2. The van der Waals surface area contributed by atoms with E-state index in [4.69, 9.17) is 14.8 Å². The zero-order valence-electron chi connectivity index (χ0n) is 30.0. The summed E-state index contributed by atoms with van der Waals surface area (Å²) in [6, 6.07) is 36.3. The minimum absolute atomic E-state index is 0.0540. The van der Waals surface area contributed by atoms with Gasteiger partial charge in [0.25, 0.3) is 0 Å². The van der Waals surface area contributed by atoms with Crippen molar-refractivity contribution in [2.75, 3.05) is 0 Å². The van der Waals surface area contributed by atoms with E-state index < -0.39 is 0 Å². The van der Waals surface area contributed by atoms with Crippen molar-refractivity contribution in [1.29, 1.82) is 0 Å². The highest BCUT2D eigenvalue weighted by Crippen LogP contribution is 2.40. The number of benzene rings is 4. The summed E-state index contributed by atoms with van der Waals surface area (Å²) >= 11 is 0. The van der Waals surface area contributed by atoms with E-state index in [9.17, 15) is 0 Å². The Morgan fingerprint density at radius 3 is 2.20 bits per heavy atom. The van der Waals surface area contributed by atoms with Crippen molar-refractivity contribution in [2.45, 2.75) is 79.1 Å². The average Bonchev–Trinajstić information content (AvgIpc) is 3.61. The molecule has 0 spiro atoms. The minimum atomic E-state index is -0.162. The van der Waals surface area contributed by atoms with Crippen LogP contribution < -0.4 is 4.74 Å². The first-order valence-corrected chi connectivity index (χ1v) is 17.4. The fourth-order valence-electron chi connectivity index (χ4n) is 6.92. The van der Waals surface area contributed by atoms with Gasteiger partial charge in [-0.25, -0.2) is 9.67 Å². The summed E-state index contributed by atoms with van der Waals surface area (Å²) in [5, 5.41) is 7.68. The predicted octanol–water partition coefficient (Wildman–Crippen LogP) is 11.7. The van der Waals surface area contributed by atoms with E-state index in [1.807, 2.05) is 18.3 Å². The third kappa shape index (κ3) is 6.14. The summed E-state index contributed by atoms with van der Waals surface area (Å²) in [7, 11) is 0. The maximum absolute atomic E-state index is 6.63. The first kappa shape index (κ1) is 32.4. The molecule has 49 heavy (non-hydrogen) atoms. The molecule has 5 nitrogen and oxygen atoms in total. The highest BCUT2D eigenvalue weighted by atomic mass is 16.5. The van der Waals surface area contributed by atoms with E-state index in [1.165, 1.54) is 33.3 Å². The second-order valence-electron chi connectivity index (χ2n) is 15.2. The van der Waals surface area contributed by atoms with E-state index in [1.54, 1.807) is 0 Å². The molecule has 248 valence electrons. The van der Waals surface area contributed by atoms with E-state index in [-0.39, 0.29) is 10.8 Å². The van der Waals surface area contributed by atoms with Crippen molar-refractivity contribution in [3.05, 3.63) is 132 Å². The number of hydrogen-bond acceptors (Lipinski definition) is 3. The minimum Gasteiger partial charge on any atom is -0.457 e. The van der Waals surface area contributed by atoms with Gasteiger partial charge in [0.2, 0.25) is 0 Å². The van der Waals surface area contributed by atoms with Crippen LogP contribution in [0.4, 0.5) is 0 Å². The van der Waals surface area contributed by atoms with Crippen molar-refractivity contribution in [1.82, 2.24) is 19.3 Å².